The van der Waals surface area contributed by atoms with Gasteiger partial charge in [0.2, 0.25) is 0 Å². The van der Waals surface area contributed by atoms with Crippen LogP contribution in [0.1, 0.15) is 5.56 Å². The predicted molar refractivity (Wildman–Crippen MR) is 125 cm³/mol. The number of nitrogens with one attached hydrogen (secondary N) is 1. The Bertz CT molecular complexity index is 1280. The highest BCUT2D eigenvalue weighted by molar-refractivity contribution is 6.12. The number of aromatic nitrogens is 1. The third-order valence-electron chi connectivity index (χ3n) is 4.99. The van der Waals surface area contributed by atoms with Crippen molar-refractivity contribution in [3.05, 3.63) is 102 Å². The largest absolute Gasteiger partial charge is 0.345 e. The van der Waals surface area contributed by atoms with E-state index in [-0.39, 0.29) is 5.57 Å². The van der Waals surface area contributed by atoms with Gasteiger partial charge in [-0.05, 0) is 60.2 Å². The van der Waals surface area contributed by atoms with Crippen LogP contribution in [0.5, 0.6) is 0 Å². The van der Waals surface area contributed by atoms with E-state index >= 15 is 0 Å². The second-order valence-corrected chi connectivity index (χ2v) is 6.99. The zero-order chi connectivity index (χ0) is 21.6. The molecular formula is C26H20N4O. The molecular weight excluding hydrogens is 384 g/mol. The molecule has 4 aromatic rings. The number of fused-ring (bicyclic) bond motifs is 1. The molecule has 3 aromatic carbocycles. The maximum absolute atomic E-state index is 12.7. The molecule has 0 radical (unpaired) electrons. The average Bonchev–Trinajstić information content (AvgIpc) is 2.83. The molecule has 0 saturated carbocycles. The van der Waals surface area contributed by atoms with Crippen molar-refractivity contribution in [2.45, 2.75) is 0 Å². The Kier molecular flexibility index (Phi) is 5.72. The van der Waals surface area contributed by atoms with Crippen LogP contribution in [-0.2, 0) is 4.79 Å². The number of carbonyl (C=O) groups is 1. The normalized spacial score (nSPS) is 11.0. The summed E-state index contributed by atoms with van der Waals surface area (Å²) in [6, 6.07) is 28.9. The zero-order valence-electron chi connectivity index (χ0n) is 17.0. The number of para-hydroxylation sites is 1. The number of nitrogens with zero attached hydrogens (tertiary/aromatic N) is 3. The molecule has 31 heavy (non-hydrogen) atoms. The number of hydrogen-bond acceptors (Lipinski definition) is 4. The summed E-state index contributed by atoms with van der Waals surface area (Å²) < 4.78 is 0. The van der Waals surface area contributed by atoms with Gasteiger partial charge in [0.25, 0.3) is 5.91 Å². The van der Waals surface area contributed by atoms with Crippen LogP contribution >= 0.6 is 0 Å². The van der Waals surface area contributed by atoms with Crippen molar-refractivity contribution in [2.24, 2.45) is 0 Å². The fourth-order valence-electron chi connectivity index (χ4n) is 3.31. The Labute approximate surface area is 180 Å². The monoisotopic (exact) mass is 404 g/mol. The molecule has 1 heterocycles. The third kappa shape index (κ3) is 4.44. The van der Waals surface area contributed by atoms with Crippen molar-refractivity contribution >= 4 is 39.9 Å². The molecule has 1 aromatic heterocycles. The van der Waals surface area contributed by atoms with E-state index in [1.54, 1.807) is 18.3 Å². The van der Waals surface area contributed by atoms with Crippen molar-refractivity contribution < 1.29 is 4.79 Å². The summed E-state index contributed by atoms with van der Waals surface area (Å²) >= 11 is 0. The molecule has 5 nitrogen and oxygen atoms in total. The molecule has 150 valence electrons. The molecule has 4 rings (SSSR count). The number of rotatable bonds is 5. The number of nitriles is 1. The summed E-state index contributed by atoms with van der Waals surface area (Å²) in [6.07, 6.45) is 3.29. The van der Waals surface area contributed by atoms with Gasteiger partial charge in [0, 0.05) is 30.0 Å². The van der Waals surface area contributed by atoms with Gasteiger partial charge in [-0.3, -0.25) is 9.78 Å². The molecule has 0 aliphatic carbocycles. The molecule has 5 heteroatoms. The van der Waals surface area contributed by atoms with Crippen molar-refractivity contribution in [1.29, 1.82) is 5.26 Å². The van der Waals surface area contributed by atoms with Gasteiger partial charge in [0.1, 0.15) is 11.6 Å². The first-order valence-electron chi connectivity index (χ1n) is 9.81. The molecule has 0 bridgehead atoms. The Hall–Kier alpha value is -4.43. The smallest absolute Gasteiger partial charge is 0.266 e. The minimum absolute atomic E-state index is 0.0325. The SMILES string of the molecule is CN(c1ccccc1)c1ccc(/C=C(\C#N)C(=O)Nc2cccc3ncccc23)cc1. The summed E-state index contributed by atoms with van der Waals surface area (Å²) in [4.78, 5) is 19.1. The topological polar surface area (TPSA) is 69.0 Å². The third-order valence-corrected chi connectivity index (χ3v) is 4.99. The molecule has 1 amide bonds. The van der Waals surface area contributed by atoms with Crippen LogP contribution in [0.25, 0.3) is 17.0 Å². The first-order chi connectivity index (χ1) is 15.2. The Morgan fingerprint density at radius 2 is 1.68 bits per heavy atom. The van der Waals surface area contributed by atoms with E-state index in [0.29, 0.717) is 5.69 Å². The summed E-state index contributed by atoms with van der Waals surface area (Å²) in [5, 5.41) is 13.2. The molecule has 0 aliphatic heterocycles. The highest BCUT2D eigenvalue weighted by Gasteiger charge is 2.12. The fraction of sp³-hybridized carbons (Fsp3) is 0.0385. The van der Waals surface area contributed by atoms with Gasteiger partial charge in [0.05, 0.1) is 11.2 Å². The lowest BCUT2D eigenvalue weighted by atomic mass is 10.1. The number of pyridine rings is 1. The van der Waals surface area contributed by atoms with Gasteiger partial charge < -0.3 is 10.2 Å². The van der Waals surface area contributed by atoms with Gasteiger partial charge in [-0.1, -0.05) is 36.4 Å². The number of hydrogen-bond donors (Lipinski definition) is 1. The molecule has 0 atom stereocenters. The summed E-state index contributed by atoms with van der Waals surface area (Å²) in [7, 11) is 1.99. The van der Waals surface area contributed by atoms with Crippen molar-refractivity contribution in [1.82, 2.24) is 4.98 Å². The van der Waals surface area contributed by atoms with E-state index in [1.807, 2.05) is 92.0 Å². The van der Waals surface area contributed by atoms with E-state index < -0.39 is 5.91 Å². The standard InChI is InChI=1S/C26H20N4O/c1-30(21-7-3-2-4-8-21)22-14-12-19(13-15-22)17-20(18-27)26(31)29-25-11-5-10-24-23(25)9-6-16-28-24/h2-17H,1H3,(H,29,31)/b20-17+. The van der Waals surface area contributed by atoms with Gasteiger partial charge in [0.15, 0.2) is 0 Å². The lowest BCUT2D eigenvalue weighted by Gasteiger charge is -2.19. The maximum atomic E-state index is 12.7. The van der Waals surface area contributed by atoms with E-state index in [1.165, 1.54) is 0 Å². The van der Waals surface area contributed by atoms with Crippen LogP contribution in [0.4, 0.5) is 17.1 Å². The van der Waals surface area contributed by atoms with Gasteiger partial charge in [-0.2, -0.15) is 5.26 Å². The lowest BCUT2D eigenvalue weighted by Crippen LogP contribution is -2.13. The highest BCUT2D eigenvalue weighted by Crippen LogP contribution is 2.25. The van der Waals surface area contributed by atoms with Crippen LogP contribution in [0, 0.1) is 11.3 Å². The van der Waals surface area contributed by atoms with Crippen LogP contribution in [0.3, 0.4) is 0 Å². The molecule has 0 saturated heterocycles. The minimum Gasteiger partial charge on any atom is -0.345 e. The van der Waals surface area contributed by atoms with E-state index in [2.05, 4.69) is 15.2 Å². The first-order valence-corrected chi connectivity index (χ1v) is 9.81. The minimum atomic E-state index is -0.454. The highest BCUT2D eigenvalue weighted by atomic mass is 16.1. The van der Waals surface area contributed by atoms with E-state index in [0.717, 1.165) is 27.8 Å². The fourth-order valence-corrected chi connectivity index (χ4v) is 3.31. The Balaban J connectivity index is 1.54. The molecule has 0 aliphatic rings. The number of benzene rings is 3. The predicted octanol–water partition coefficient (Wildman–Crippen LogP) is 5.55. The zero-order valence-corrected chi connectivity index (χ0v) is 17.0. The molecule has 1 N–H and O–H groups in total. The van der Waals surface area contributed by atoms with E-state index in [9.17, 15) is 10.1 Å². The summed E-state index contributed by atoms with van der Waals surface area (Å²) in [5.74, 6) is -0.454. The number of carbonyl (C=O) groups excluding carboxylic acids is 1. The first kappa shape index (κ1) is 19.9. The summed E-state index contributed by atoms with van der Waals surface area (Å²) in [5.41, 5.74) is 4.29. The van der Waals surface area contributed by atoms with Gasteiger partial charge in [-0.25, -0.2) is 0 Å². The number of amides is 1. The Morgan fingerprint density at radius 1 is 0.935 bits per heavy atom. The lowest BCUT2D eigenvalue weighted by molar-refractivity contribution is -0.112. The Morgan fingerprint density at radius 3 is 2.42 bits per heavy atom. The average molecular weight is 404 g/mol. The van der Waals surface area contributed by atoms with Crippen LogP contribution in [-0.4, -0.2) is 17.9 Å². The quantitative estimate of drug-likeness (QED) is 0.350. The van der Waals surface area contributed by atoms with Gasteiger partial charge in [-0.15, -0.1) is 0 Å². The molecule has 0 fully saturated rings. The molecule has 0 unspecified atom stereocenters. The molecule has 0 spiro atoms. The van der Waals surface area contributed by atoms with Crippen LogP contribution < -0.4 is 10.2 Å². The van der Waals surface area contributed by atoms with Crippen molar-refractivity contribution in [3.8, 4) is 6.07 Å². The van der Waals surface area contributed by atoms with Crippen LogP contribution in [0.15, 0.2) is 96.7 Å². The maximum Gasteiger partial charge on any atom is 0.266 e. The second-order valence-electron chi connectivity index (χ2n) is 6.99. The summed E-state index contributed by atoms with van der Waals surface area (Å²) in [6.45, 7) is 0. The van der Waals surface area contributed by atoms with E-state index in [4.69, 9.17) is 0 Å². The van der Waals surface area contributed by atoms with Crippen LogP contribution in [0.2, 0.25) is 0 Å². The van der Waals surface area contributed by atoms with Gasteiger partial charge >= 0.3 is 0 Å². The van der Waals surface area contributed by atoms with Crippen molar-refractivity contribution in [3.63, 3.8) is 0 Å². The van der Waals surface area contributed by atoms with Crippen molar-refractivity contribution in [2.75, 3.05) is 17.3 Å². The second kappa shape index (κ2) is 8.93. The number of anilines is 3.